The lowest BCUT2D eigenvalue weighted by atomic mass is 10.3. The summed E-state index contributed by atoms with van der Waals surface area (Å²) in [6.07, 6.45) is 4.95. The van der Waals surface area contributed by atoms with Gasteiger partial charge in [-0.05, 0) is 28.1 Å². The van der Waals surface area contributed by atoms with E-state index in [4.69, 9.17) is 0 Å². The van der Waals surface area contributed by atoms with Crippen molar-refractivity contribution < 1.29 is 4.79 Å². The molecule has 0 radical (unpaired) electrons. The molecule has 0 aliphatic heterocycles. The van der Waals surface area contributed by atoms with Crippen molar-refractivity contribution >= 4 is 27.5 Å². The van der Waals surface area contributed by atoms with Gasteiger partial charge in [-0.2, -0.15) is 5.10 Å². The minimum absolute atomic E-state index is 0.251. The summed E-state index contributed by atoms with van der Waals surface area (Å²) in [6, 6.07) is 3.43. The number of nitrogens with zero attached hydrogens (tertiary/aromatic N) is 3. The second-order valence-corrected chi connectivity index (χ2v) is 4.04. The van der Waals surface area contributed by atoms with Gasteiger partial charge in [0.05, 0.1) is 4.47 Å². The first kappa shape index (κ1) is 10.8. The number of nitrogens with one attached hydrogen (secondary N) is 1. The number of carbonyl (C=O) groups is 1. The Morgan fingerprint density at radius 3 is 2.69 bits per heavy atom. The summed E-state index contributed by atoms with van der Waals surface area (Å²) in [7, 11) is 1.76. The molecule has 0 unspecified atom stereocenters. The Bertz CT molecular complexity index is 509. The van der Waals surface area contributed by atoms with Crippen LogP contribution < -0.4 is 5.32 Å². The highest BCUT2D eigenvalue weighted by molar-refractivity contribution is 9.10. The van der Waals surface area contributed by atoms with Crippen LogP contribution in [0.5, 0.6) is 0 Å². The Kier molecular flexibility index (Phi) is 3.00. The third kappa shape index (κ3) is 2.27. The van der Waals surface area contributed by atoms with E-state index in [9.17, 15) is 4.79 Å². The van der Waals surface area contributed by atoms with Gasteiger partial charge in [-0.15, -0.1) is 0 Å². The van der Waals surface area contributed by atoms with E-state index in [0.717, 1.165) is 0 Å². The molecule has 0 saturated carbocycles. The Morgan fingerprint density at radius 2 is 2.12 bits per heavy atom. The van der Waals surface area contributed by atoms with E-state index in [1.807, 2.05) is 0 Å². The molecule has 0 fully saturated rings. The van der Waals surface area contributed by atoms with Crippen molar-refractivity contribution in [2.24, 2.45) is 7.05 Å². The number of rotatable bonds is 2. The highest BCUT2D eigenvalue weighted by atomic mass is 79.9. The summed E-state index contributed by atoms with van der Waals surface area (Å²) >= 11 is 3.27. The molecule has 1 N–H and O–H groups in total. The van der Waals surface area contributed by atoms with Gasteiger partial charge in [-0.3, -0.25) is 14.5 Å². The normalized spacial score (nSPS) is 10.1. The zero-order valence-corrected chi connectivity index (χ0v) is 10.1. The van der Waals surface area contributed by atoms with Gasteiger partial charge in [0.1, 0.15) is 0 Å². The molecule has 2 aromatic rings. The molecule has 2 rings (SSSR count). The molecular formula is C10H9BrN4O. The number of carbonyl (C=O) groups excluding carboxylic acids is 1. The fourth-order valence-electron chi connectivity index (χ4n) is 1.24. The molecule has 0 aliphatic carbocycles. The summed E-state index contributed by atoms with van der Waals surface area (Å²) in [5.74, 6) is -0.251. The Balaban J connectivity index is 2.18. The molecule has 6 heteroatoms. The van der Waals surface area contributed by atoms with E-state index >= 15 is 0 Å². The Morgan fingerprint density at radius 1 is 1.44 bits per heavy atom. The van der Waals surface area contributed by atoms with E-state index in [-0.39, 0.29) is 5.91 Å². The molecule has 0 spiro atoms. The molecule has 2 heterocycles. The van der Waals surface area contributed by atoms with Crippen LogP contribution in [0.2, 0.25) is 0 Å². The molecule has 82 valence electrons. The average Bonchev–Trinajstić information content (AvgIpc) is 2.59. The monoisotopic (exact) mass is 280 g/mol. The highest BCUT2D eigenvalue weighted by Crippen LogP contribution is 2.15. The van der Waals surface area contributed by atoms with E-state index in [0.29, 0.717) is 15.9 Å². The molecule has 1 amide bonds. The van der Waals surface area contributed by atoms with Gasteiger partial charge in [0.15, 0.2) is 5.69 Å². The molecule has 0 saturated heterocycles. The van der Waals surface area contributed by atoms with Crippen LogP contribution >= 0.6 is 15.9 Å². The fourth-order valence-corrected chi connectivity index (χ4v) is 1.79. The van der Waals surface area contributed by atoms with Gasteiger partial charge in [0.2, 0.25) is 0 Å². The number of hydrogen-bond acceptors (Lipinski definition) is 3. The lowest BCUT2D eigenvalue weighted by Gasteiger charge is -2.01. The smallest absolute Gasteiger partial charge is 0.277 e. The first-order valence-corrected chi connectivity index (χ1v) is 5.36. The van der Waals surface area contributed by atoms with Crippen LogP contribution in [0.25, 0.3) is 0 Å². The molecule has 2 aromatic heterocycles. The van der Waals surface area contributed by atoms with E-state index < -0.39 is 0 Å². The van der Waals surface area contributed by atoms with Crippen molar-refractivity contribution in [3.8, 4) is 0 Å². The van der Waals surface area contributed by atoms with Crippen molar-refractivity contribution in [1.82, 2.24) is 14.8 Å². The van der Waals surface area contributed by atoms with Crippen molar-refractivity contribution in [2.75, 3.05) is 5.32 Å². The van der Waals surface area contributed by atoms with Gasteiger partial charge in [0.25, 0.3) is 5.91 Å². The van der Waals surface area contributed by atoms with Crippen LogP contribution in [0.1, 0.15) is 10.5 Å². The Labute approximate surface area is 101 Å². The summed E-state index contributed by atoms with van der Waals surface area (Å²) in [5.41, 5.74) is 1.05. The van der Waals surface area contributed by atoms with E-state index in [1.165, 1.54) is 0 Å². The van der Waals surface area contributed by atoms with Gasteiger partial charge >= 0.3 is 0 Å². The van der Waals surface area contributed by atoms with Crippen molar-refractivity contribution in [2.45, 2.75) is 0 Å². The lowest BCUT2D eigenvalue weighted by Crippen LogP contribution is -2.13. The average molecular weight is 281 g/mol. The largest absolute Gasteiger partial charge is 0.320 e. The predicted molar refractivity (Wildman–Crippen MR) is 63.1 cm³/mol. The molecule has 16 heavy (non-hydrogen) atoms. The fraction of sp³-hybridized carbons (Fsp3) is 0.100. The van der Waals surface area contributed by atoms with Crippen LogP contribution in [0.3, 0.4) is 0 Å². The number of amides is 1. The van der Waals surface area contributed by atoms with Crippen molar-refractivity contribution in [3.05, 3.63) is 40.9 Å². The number of anilines is 1. The van der Waals surface area contributed by atoms with Crippen molar-refractivity contribution in [3.63, 3.8) is 0 Å². The third-order valence-corrected chi connectivity index (χ3v) is 2.52. The van der Waals surface area contributed by atoms with Gasteiger partial charge in [-0.25, -0.2) is 0 Å². The lowest BCUT2D eigenvalue weighted by molar-refractivity contribution is 0.102. The number of hydrogen-bond donors (Lipinski definition) is 1. The Hall–Kier alpha value is -1.69. The maximum Gasteiger partial charge on any atom is 0.277 e. The molecule has 0 atom stereocenters. The number of pyridine rings is 1. The summed E-state index contributed by atoms with van der Waals surface area (Å²) in [4.78, 5) is 15.7. The zero-order valence-electron chi connectivity index (χ0n) is 8.51. The number of halogens is 1. The maximum atomic E-state index is 11.8. The number of aromatic nitrogens is 3. The maximum absolute atomic E-state index is 11.8. The van der Waals surface area contributed by atoms with Gasteiger partial charge < -0.3 is 5.32 Å². The predicted octanol–water partition coefficient (Wildman–Crippen LogP) is 1.83. The van der Waals surface area contributed by atoms with E-state index in [1.54, 1.807) is 42.5 Å². The van der Waals surface area contributed by atoms with Crippen LogP contribution in [0.15, 0.2) is 35.2 Å². The highest BCUT2D eigenvalue weighted by Gasteiger charge is 2.14. The van der Waals surface area contributed by atoms with Crippen LogP contribution in [-0.2, 0) is 7.05 Å². The third-order valence-electron chi connectivity index (χ3n) is 1.94. The van der Waals surface area contributed by atoms with Crippen molar-refractivity contribution in [1.29, 1.82) is 0 Å². The molecular weight excluding hydrogens is 272 g/mol. The molecule has 0 aromatic carbocycles. The minimum atomic E-state index is -0.251. The quantitative estimate of drug-likeness (QED) is 0.913. The summed E-state index contributed by atoms with van der Waals surface area (Å²) in [5, 5.41) is 6.78. The first-order chi connectivity index (χ1) is 7.66. The second-order valence-electron chi connectivity index (χ2n) is 3.19. The van der Waals surface area contributed by atoms with Crippen LogP contribution in [-0.4, -0.2) is 20.7 Å². The molecule has 0 aliphatic rings. The van der Waals surface area contributed by atoms with E-state index in [2.05, 4.69) is 31.3 Å². The van der Waals surface area contributed by atoms with Gasteiger partial charge in [0, 0.05) is 31.3 Å². The topological polar surface area (TPSA) is 59.8 Å². The zero-order chi connectivity index (χ0) is 11.5. The van der Waals surface area contributed by atoms with Gasteiger partial charge in [-0.1, -0.05) is 0 Å². The van der Waals surface area contributed by atoms with Crippen LogP contribution in [0, 0.1) is 0 Å². The summed E-state index contributed by atoms with van der Waals surface area (Å²) in [6.45, 7) is 0. The number of aryl methyl sites for hydroxylation is 1. The standard InChI is InChI=1S/C10H9BrN4O/c1-15-6-8(11)9(14-15)10(16)13-7-2-4-12-5-3-7/h2-6H,1H3,(H,12,13,16). The molecule has 0 bridgehead atoms. The SMILES string of the molecule is Cn1cc(Br)c(C(=O)Nc2ccncc2)n1. The second kappa shape index (κ2) is 4.44. The summed E-state index contributed by atoms with van der Waals surface area (Å²) < 4.78 is 2.24. The van der Waals surface area contributed by atoms with Crippen LogP contribution in [0.4, 0.5) is 5.69 Å². The molecule has 5 nitrogen and oxygen atoms in total. The first-order valence-electron chi connectivity index (χ1n) is 4.57. The minimum Gasteiger partial charge on any atom is -0.320 e.